The zero-order chi connectivity index (χ0) is 11.4. The first kappa shape index (κ1) is 12.8. The van der Waals surface area contributed by atoms with Crippen molar-refractivity contribution < 1.29 is 17.9 Å². The second-order valence-electron chi connectivity index (χ2n) is 4.34. The highest BCUT2D eigenvalue weighted by Gasteiger charge is 2.30. The predicted octanol–water partition coefficient (Wildman–Crippen LogP) is 2.84. The van der Waals surface area contributed by atoms with Crippen LogP contribution in [0.1, 0.15) is 39.0 Å². The Labute approximate surface area is 88.2 Å². The highest BCUT2D eigenvalue weighted by atomic mass is 19.4. The Bertz CT molecular complexity index is 188. The molecule has 0 aromatic carbocycles. The molecule has 2 nitrogen and oxygen atoms in total. The quantitative estimate of drug-likeness (QED) is 0.743. The van der Waals surface area contributed by atoms with E-state index in [0.29, 0.717) is 0 Å². The van der Waals surface area contributed by atoms with Crippen molar-refractivity contribution in [1.82, 2.24) is 5.32 Å². The number of nitrogens with one attached hydrogen (secondary N) is 1. The molecule has 0 unspecified atom stereocenters. The average molecular weight is 225 g/mol. The van der Waals surface area contributed by atoms with Gasteiger partial charge in [-0.1, -0.05) is 19.3 Å². The minimum absolute atomic E-state index is 0.00715. The summed E-state index contributed by atoms with van der Waals surface area (Å²) in [7, 11) is 0. The van der Waals surface area contributed by atoms with Gasteiger partial charge in [-0.05, 0) is 19.8 Å². The molecule has 0 aromatic heterocycles. The molecular formula is C10H18F3NO. The second kappa shape index (κ2) is 5.16. The van der Waals surface area contributed by atoms with Gasteiger partial charge in [0.15, 0.2) is 0 Å². The zero-order valence-corrected chi connectivity index (χ0v) is 8.99. The molecule has 0 spiro atoms. The van der Waals surface area contributed by atoms with E-state index in [2.05, 4.69) is 17.0 Å². The number of ether oxygens (including phenoxy) is 1. The number of hydrogen-bond acceptors (Lipinski definition) is 2. The molecule has 0 radical (unpaired) electrons. The second-order valence-corrected chi connectivity index (χ2v) is 4.34. The van der Waals surface area contributed by atoms with Crippen LogP contribution < -0.4 is 5.32 Å². The van der Waals surface area contributed by atoms with Crippen molar-refractivity contribution in [3.05, 3.63) is 0 Å². The third-order valence-corrected chi connectivity index (χ3v) is 2.88. The maximum absolute atomic E-state index is 11.7. The van der Waals surface area contributed by atoms with Gasteiger partial charge in [0.1, 0.15) is 0 Å². The molecule has 0 saturated heterocycles. The summed E-state index contributed by atoms with van der Waals surface area (Å²) in [6.07, 6.45) is 1.12. The molecule has 1 N–H and O–H groups in total. The molecule has 1 saturated carbocycles. The van der Waals surface area contributed by atoms with Crippen molar-refractivity contribution in [3.63, 3.8) is 0 Å². The summed E-state index contributed by atoms with van der Waals surface area (Å²) in [5.74, 6) is 0. The van der Waals surface area contributed by atoms with E-state index in [1.165, 1.54) is 6.42 Å². The first-order valence-electron chi connectivity index (χ1n) is 5.37. The van der Waals surface area contributed by atoms with Crippen molar-refractivity contribution in [2.75, 3.05) is 13.2 Å². The Balaban J connectivity index is 2.13. The van der Waals surface area contributed by atoms with E-state index in [1.807, 2.05) is 0 Å². The molecule has 0 atom stereocenters. The van der Waals surface area contributed by atoms with Crippen LogP contribution in [0.3, 0.4) is 0 Å². The Hall–Kier alpha value is -0.290. The molecule has 0 heterocycles. The van der Waals surface area contributed by atoms with Crippen LogP contribution in [0.2, 0.25) is 0 Å². The summed E-state index contributed by atoms with van der Waals surface area (Å²) < 4.78 is 38.7. The van der Waals surface area contributed by atoms with Crippen molar-refractivity contribution in [1.29, 1.82) is 0 Å². The van der Waals surface area contributed by atoms with Gasteiger partial charge in [-0.2, -0.15) is 0 Å². The summed E-state index contributed by atoms with van der Waals surface area (Å²) in [5, 5.41) is 3.15. The molecule has 90 valence electrons. The number of rotatable bonds is 4. The Morgan fingerprint density at radius 1 is 1.20 bits per heavy atom. The van der Waals surface area contributed by atoms with Gasteiger partial charge in [0, 0.05) is 12.1 Å². The predicted molar refractivity (Wildman–Crippen MR) is 51.5 cm³/mol. The summed E-state index contributed by atoms with van der Waals surface area (Å²) in [5.41, 5.74) is 0.00715. The molecule has 1 rings (SSSR count). The number of halogens is 3. The average Bonchev–Trinajstić information content (AvgIpc) is 2.12. The topological polar surface area (TPSA) is 21.3 Å². The molecule has 5 heteroatoms. The SMILES string of the molecule is CC1(NCCOC(F)(F)F)CCCCC1. The Morgan fingerprint density at radius 2 is 1.80 bits per heavy atom. The van der Waals surface area contributed by atoms with Gasteiger partial charge in [0.2, 0.25) is 0 Å². The minimum atomic E-state index is -4.50. The molecule has 1 fully saturated rings. The standard InChI is InChI=1S/C10H18F3NO/c1-9(5-3-2-4-6-9)14-7-8-15-10(11,12)13/h14H,2-8H2,1H3. The van der Waals surface area contributed by atoms with Gasteiger partial charge in [0.05, 0.1) is 6.61 Å². The van der Waals surface area contributed by atoms with Crippen LogP contribution in [0, 0.1) is 0 Å². The zero-order valence-electron chi connectivity index (χ0n) is 8.99. The molecule has 1 aliphatic rings. The summed E-state index contributed by atoms with van der Waals surface area (Å²) in [6.45, 7) is 2.02. The number of alkyl halides is 3. The van der Waals surface area contributed by atoms with Gasteiger partial charge < -0.3 is 5.32 Å². The third-order valence-electron chi connectivity index (χ3n) is 2.88. The molecule has 0 aliphatic heterocycles. The summed E-state index contributed by atoms with van der Waals surface area (Å²) in [4.78, 5) is 0. The van der Waals surface area contributed by atoms with Crippen molar-refractivity contribution in [3.8, 4) is 0 Å². The molecular weight excluding hydrogens is 207 g/mol. The van der Waals surface area contributed by atoms with Gasteiger partial charge in [0.25, 0.3) is 0 Å². The molecule has 0 aromatic rings. The van der Waals surface area contributed by atoms with Crippen molar-refractivity contribution in [2.45, 2.75) is 50.9 Å². The van der Waals surface area contributed by atoms with E-state index in [1.54, 1.807) is 0 Å². The molecule has 0 amide bonds. The van der Waals surface area contributed by atoms with Crippen LogP contribution in [-0.2, 0) is 4.74 Å². The van der Waals surface area contributed by atoms with Gasteiger partial charge in [-0.15, -0.1) is 13.2 Å². The largest absolute Gasteiger partial charge is 0.522 e. The molecule has 0 bridgehead atoms. The minimum Gasteiger partial charge on any atom is -0.309 e. The fraction of sp³-hybridized carbons (Fsp3) is 1.00. The van der Waals surface area contributed by atoms with Gasteiger partial charge in [-0.3, -0.25) is 4.74 Å². The lowest BCUT2D eigenvalue weighted by Crippen LogP contribution is -2.45. The normalized spacial score (nSPS) is 21.6. The monoisotopic (exact) mass is 225 g/mol. The van der Waals surface area contributed by atoms with Crippen LogP contribution >= 0.6 is 0 Å². The Morgan fingerprint density at radius 3 is 2.33 bits per heavy atom. The van der Waals surface area contributed by atoms with Crippen LogP contribution in [0.5, 0.6) is 0 Å². The maximum Gasteiger partial charge on any atom is 0.522 e. The van der Waals surface area contributed by atoms with E-state index in [-0.39, 0.29) is 18.7 Å². The van der Waals surface area contributed by atoms with E-state index in [4.69, 9.17) is 0 Å². The number of hydrogen-bond donors (Lipinski definition) is 1. The third kappa shape index (κ3) is 5.37. The lowest BCUT2D eigenvalue weighted by molar-refractivity contribution is -0.323. The highest BCUT2D eigenvalue weighted by Crippen LogP contribution is 2.27. The lowest BCUT2D eigenvalue weighted by Gasteiger charge is -2.34. The first-order chi connectivity index (χ1) is 6.91. The summed E-state index contributed by atoms with van der Waals surface area (Å²) >= 11 is 0. The fourth-order valence-electron chi connectivity index (χ4n) is 2.03. The maximum atomic E-state index is 11.7. The van der Waals surface area contributed by atoms with Crippen LogP contribution in [0.15, 0.2) is 0 Å². The van der Waals surface area contributed by atoms with Gasteiger partial charge >= 0.3 is 6.36 Å². The lowest BCUT2D eigenvalue weighted by atomic mass is 9.83. The highest BCUT2D eigenvalue weighted by molar-refractivity contribution is 4.85. The van der Waals surface area contributed by atoms with E-state index < -0.39 is 6.36 Å². The Kier molecular flexibility index (Phi) is 4.40. The van der Waals surface area contributed by atoms with E-state index >= 15 is 0 Å². The first-order valence-corrected chi connectivity index (χ1v) is 5.37. The van der Waals surface area contributed by atoms with E-state index in [9.17, 15) is 13.2 Å². The summed E-state index contributed by atoms with van der Waals surface area (Å²) in [6, 6.07) is 0. The smallest absolute Gasteiger partial charge is 0.309 e. The fourth-order valence-corrected chi connectivity index (χ4v) is 2.03. The van der Waals surface area contributed by atoms with Crippen LogP contribution in [0.4, 0.5) is 13.2 Å². The van der Waals surface area contributed by atoms with Crippen molar-refractivity contribution in [2.24, 2.45) is 0 Å². The molecule has 1 aliphatic carbocycles. The van der Waals surface area contributed by atoms with Gasteiger partial charge in [-0.25, -0.2) is 0 Å². The molecule has 15 heavy (non-hydrogen) atoms. The van der Waals surface area contributed by atoms with E-state index in [0.717, 1.165) is 25.7 Å². The van der Waals surface area contributed by atoms with Crippen LogP contribution in [0.25, 0.3) is 0 Å². The van der Waals surface area contributed by atoms with Crippen LogP contribution in [-0.4, -0.2) is 25.1 Å². The van der Waals surface area contributed by atoms with Crippen molar-refractivity contribution >= 4 is 0 Å².